The second-order valence-electron chi connectivity index (χ2n) is 7.24. The lowest BCUT2D eigenvalue weighted by Gasteiger charge is -2.24. The molecule has 0 spiro atoms. The van der Waals surface area contributed by atoms with Gasteiger partial charge in [-0.05, 0) is 40.5 Å². The standard InChI is InChI=1S/C18H16N4O3S/c1-18(2,3)11-5-7-14-13(9-11)16(23)12-6-4-10(17-19-21-22-20-17)8-15(12)26(14,24)25/h4-9H,1-3H3,(H,19,20,21,22). The maximum Gasteiger partial charge on any atom is 0.208 e. The molecule has 0 atom stereocenters. The summed E-state index contributed by atoms with van der Waals surface area (Å²) in [5.74, 6) is -0.0279. The smallest absolute Gasteiger partial charge is 0.208 e. The van der Waals surface area contributed by atoms with Crippen LogP contribution in [0.5, 0.6) is 0 Å². The third kappa shape index (κ3) is 2.37. The van der Waals surface area contributed by atoms with Gasteiger partial charge in [-0.3, -0.25) is 4.79 Å². The summed E-state index contributed by atoms with van der Waals surface area (Å²) in [6, 6.07) is 9.52. The summed E-state index contributed by atoms with van der Waals surface area (Å²) in [4.78, 5) is 13.0. The molecule has 1 aliphatic heterocycles. The van der Waals surface area contributed by atoms with Gasteiger partial charge in [0, 0.05) is 16.7 Å². The van der Waals surface area contributed by atoms with Gasteiger partial charge in [0.25, 0.3) is 0 Å². The summed E-state index contributed by atoms with van der Waals surface area (Å²) < 4.78 is 26.2. The second kappa shape index (κ2) is 5.31. The van der Waals surface area contributed by atoms with E-state index in [4.69, 9.17) is 0 Å². The molecule has 1 N–H and O–H groups in total. The maximum absolute atomic E-state index is 13.1. The fourth-order valence-corrected chi connectivity index (χ4v) is 4.68. The van der Waals surface area contributed by atoms with E-state index < -0.39 is 9.84 Å². The largest absolute Gasteiger partial charge is 0.289 e. The van der Waals surface area contributed by atoms with Crippen LogP contribution < -0.4 is 0 Å². The lowest BCUT2D eigenvalue weighted by atomic mass is 9.85. The summed E-state index contributed by atoms with van der Waals surface area (Å²) in [6.45, 7) is 6.05. The number of nitrogens with zero attached hydrogens (tertiary/aromatic N) is 3. The summed E-state index contributed by atoms with van der Waals surface area (Å²) in [6.07, 6.45) is 0. The van der Waals surface area contributed by atoms with E-state index >= 15 is 0 Å². The Morgan fingerprint density at radius 3 is 2.38 bits per heavy atom. The number of rotatable bonds is 1. The van der Waals surface area contributed by atoms with E-state index in [2.05, 4.69) is 20.6 Å². The van der Waals surface area contributed by atoms with Crippen molar-refractivity contribution in [3.63, 3.8) is 0 Å². The van der Waals surface area contributed by atoms with Crippen molar-refractivity contribution in [1.82, 2.24) is 20.6 Å². The Balaban J connectivity index is 1.95. The third-order valence-electron chi connectivity index (χ3n) is 4.50. The molecule has 0 aliphatic carbocycles. The highest BCUT2D eigenvalue weighted by Crippen LogP contribution is 2.38. The molecular formula is C18H16N4O3S. The number of hydrogen-bond acceptors (Lipinski definition) is 6. The molecule has 0 saturated heterocycles. The van der Waals surface area contributed by atoms with Crippen molar-refractivity contribution in [2.75, 3.05) is 0 Å². The zero-order chi connectivity index (χ0) is 18.7. The van der Waals surface area contributed by atoms with Gasteiger partial charge in [-0.15, -0.1) is 10.2 Å². The molecule has 2 aromatic carbocycles. The third-order valence-corrected chi connectivity index (χ3v) is 6.35. The topological polar surface area (TPSA) is 106 Å². The number of tetrazole rings is 1. The second-order valence-corrected chi connectivity index (χ2v) is 9.13. The molecule has 1 aliphatic rings. The van der Waals surface area contributed by atoms with Crippen molar-refractivity contribution in [2.45, 2.75) is 36.0 Å². The van der Waals surface area contributed by atoms with Crippen LogP contribution >= 0.6 is 0 Å². The molecular weight excluding hydrogens is 352 g/mol. The zero-order valence-corrected chi connectivity index (χ0v) is 15.3. The number of fused-ring (bicyclic) bond motifs is 2. The number of ketones is 1. The number of aromatic amines is 1. The van der Waals surface area contributed by atoms with Crippen LogP contribution in [0.15, 0.2) is 46.2 Å². The van der Waals surface area contributed by atoms with Crippen LogP contribution in [0, 0.1) is 0 Å². The number of benzene rings is 2. The van der Waals surface area contributed by atoms with Crippen LogP contribution in [-0.4, -0.2) is 34.8 Å². The fraction of sp³-hybridized carbons (Fsp3) is 0.222. The first-order valence-corrected chi connectivity index (χ1v) is 9.50. The summed E-state index contributed by atoms with van der Waals surface area (Å²) in [5, 5.41) is 13.5. The Kier molecular flexibility index (Phi) is 3.39. The lowest BCUT2D eigenvalue weighted by Crippen LogP contribution is -2.22. The summed E-state index contributed by atoms with van der Waals surface area (Å²) >= 11 is 0. The number of aromatic nitrogens is 4. The zero-order valence-electron chi connectivity index (χ0n) is 14.4. The number of carbonyl (C=O) groups is 1. The van der Waals surface area contributed by atoms with Crippen LogP contribution in [0.25, 0.3) is 11.4 Å². The minimum absolute atomic E-state index is 0.0270. The normalized spacial score (nSPS) is 15.4. The molecule has 4 rings (SSSR count). The average molecular weight is 368 g/mol. The Labute approximate surface area is 150 Å². The van der Waals surface area contributed by atoms with Gasteiger partial charge in [0.05, 0.1) is 9.79 Å². The van der Waals surface area contributed by atoms with Gasteiger partial charge >= 0.3 is 0 Å². The van der Waals surface area contributed by atoms with Crippen LogP contribution in [0.2, 0.25) is 0 Å². The van der Waals surface area contributed by atoms with Gasteiger partial charge in [-0.25, -0.2) is 8.42 Å². The molecule has 0 unspecified atom stereocenters. The highest BCUT2D eigenvalue weighted by molar-refractivity contribution is 7.91. The first-order valence-electron chi connectivity index (χ1n) is 8.02. The molecule has 26 heavy (non-hydrogen) atoms. The van der Waals surface area contributed by atoms with Crippen molar-refractivity contribution in [2.24, 2.45) is 0 Å². The first-order chi connectivity index (χ1) is 12.2. The Hall–Kier alpha value is -2.87. The molecule has 7 nitrogen and oxygen atoms in total. The van der Waals surface area contributed by atoms with Gasteiger partial charge in [-0.2, -0.15) is 5.21 Å². The molecule has 0 bridgehead atoms. The average Bonchev–Trinajstić information content (AvgIpc) is 3.13. The first kappa shape index (κ1) is 16.6. The monoisotopic (exact) mass is 368 g/mol. The molecule has 0 fully saturated rings. The van der Waals surface area contributed by atoms with Crippen molar-refractivity contribution < 1.29 is 13.2 Å². The van der Waals surface area contributed by atoms with Crippen LogP contribution in [0.1, 0.15) is 42.3 Å². The van der Waals surface area contributed by atoms with Gasteiger partial charge in [0.2, 0.25) is 15.7 Å². The molecule has 1 aromatic heterocycles. The van der Waals surface area contributed by atoms with Crippen LogP contribution in [0.4, 0.5) is 0 Å². The Bertz CT molecular complexity index is 1140. The van der Waals surface area contributed by atoms with E-state index in [0.29, 0.717) is 5.56 Å². The van der Waals surface area contributed by atoms with Gasteiger partial charge in [0.1, 0.15) is 0 Å². The molecule has 0 radical (unpaired) electrons. The number of carbonyl (C=O) groups excluding carboxylic acids is 1. The van der Waals surface area contributed by atoms with E-state index in [1.165, 1.54) is 18.2 Å². The fourth-order valence-electron chi connectivity index (χ4n) is 3.03. The van der Waals surface area contributed by atoms with Crippen molar-refractivity contribution in [3.05, 3.63) is 53.1 Å². The lowest BCUT2D eigenvalue weighted by molar-refractivity contribution is 0.103. The molecule has 8 heteroatoms. The Morgan fingerprint density at radius 1 is 0.962 bits per heavy atom. The van der Waals surface area contributed by atoms with E-state index in [9.17, 15) is 13.2 Å². The minimum atomic E-state index is -3.82. The minimum Gasteiger partial charge on any atom is -0.289 e. The molecule has 132 valence electrons. The quantitative estimate of drug-likeness (QED) is 0.553. The highest BCUT2D eigenvalue weighted by Gasteiger charge is 2.36. The molecule has 0 saturated carbocycles. The number of hydrogen-bond donors (Lipinski definition) is 1. The number of nitrogens with one attached hydrogen (secondary N) is 1. The van der Waals surface area contributed by atoms with Crippen molar-refractivity contribution >= 4 is 15.6 Å². The van der Waals surface area contributed by atoms with Crippen molar-refractivity contribution in [3.8, 4) is 11.4 Å². The number of H-pyrrole nitrogens is 1. The van der Waals surface area contributed by atoms with Crippen LogP contribution in [-0.2, 0) is 15.3 Å². The molecule has 0 amide bonds. The maximum atomic E-state index is 13.1. The SMILES string of the molecule is CC(C)(C)c1ccc2c(c1)C(=O)c1ccc(-c3nn[nH]n3)cc1S2(=O)=O. The van der Waals surface area contributed by atoms with Gasteiger partial charge in [0.15, 0.2) is 5.78 Å². The molecule has 2 heterocycles. The van der Waals surface area contributed by atoms with Crippen molar-refractivity contribution in [1.29, 1.82) is 0 Å². The highest BCUT2D eigenvalue weighted by atomic mass is 32.2. The van der Waals surface area contributed by atoms with Gasteiger partial charge in [-0.1, -0.05) is 32.9 Å². The van der Waals surface area contributed by atoms with E-state index in [0.717, 1.165) is 5.56 Å². The van der Waals surface area contributed by atoms with E-state index in [-0.39, 0.29) is 37.9 Å². The van der Waals surface area contributed by atoms with E-state index in [1.807, 2.05) is 20.8 Å². The predicted octanol–water partition coefficient (Wildman–Crippen LogP) is 2.54. The Morgan fingerprint density at radius 2 is 1.73 bits per heavy atom. The van der Waals surface area contributed by atoms with Gasteiger partial charge < -0.3 is 0 Å². The molecule has 3 aromatic rings. The number of sulfone groups is 1. The summed E-state index contributed by atoms with van der Waals surface area (Å²) in [5.41, 5.74) is 1.57. The summed E-state index contributed by atoms with van der Waals surface area (Å²) in [7, 11) is -3.82. The van der Waals surface area contributed by atoms with Crippen LogP contribution in [0.3, 0.4) is 0 Å². The van der Waals surface area contributed by atoms with E-state index in [1.54, 1.807) is 18.2 Å². The predicted molar refractivity (Wildman–Crippen MR) is 93.6 cm³/mol.